The van der Waals surface area contributed by atoms with E-state index in [4.69, 9.17) is 29.6 Å². The van der Waals surface area contributed by atoms with Crippen LogP contribution in [0.3, 0.4) is 0 Å². The van der Waals surface area contributed by atoms with Crippen LogP contribution in [0.25, 0.3) is 0 Å². The molecule has 0 aromatic rings. The molecule has 59 heavy (non-hydrogen) atoms. The van der Waals surface area contributed by atoms with Crippen LogP contribution in [-0.4, -0.2) is 104 Å². The summed E-state index contributed by atoms with van der Waals surface area (Å²) in [5.74, 6) is 0.238. The minimum absolute atomic E-state index is 0.0359. The van der Waals surface area contributed by atoms with Crippen LogP contribution in [0.5, 0.6) is 0 Å². The Balaban J connectivity index is -0.0000000667. The highest BCUT2D eigenvalue weighted by Crippen LogP contribution is 2.12. The molecule has 0 radical (unpaired) electrons. The average Bonchev–Trinajstić information content (AvgIpc) is 4.16. The minimum Gasteiger partial charge on any atom is -0.481 e. The summed E-state index contributed by atoms with van der Waals surface area (Å²) in [4.78, 5) is 50.0. The number of carboxylic acids is 1. The maximum atomic E-state index is 10.5. The van der Waals surface area contributed by atoms with Crippen molar-refractivity contribution in [1.29, 1.82) is 0 Å². The molecule has 362 valence electrons. The van der Waals surface area contributed by atoms with Crippen LogP contribution >= 0.6 is 11.8 Å². The van der Waals surface area contributed by atoms with Crippen molar-refractivity contribution < 1.29 is 58.2 Å². The van der Waals surface area contributed by atoms with Gasteiger partial charge < -0.3 is 34.3 Å². The van der Waals surface area contributed by atoms with Gasteiger partial charge in [0.05, 0.1) is 19.2 Å². The molecule has 6 fully saturated rings. The van der Waals surface area contributed by atoms with Gasteiger partial charge in [0.25, 0.3) is 5.97 Å². The molecule has 0 amide bonds. The molecule has 2 aliphatic carbocycles. The molecule has 0 aromatic heterocycles. The van der Waals surface area contributed by atoms with Crippen LogP contribution in [0, 0.1) is 0 Å². The summed E-state index contributed by atoms with van der Waals surface area (Å²) in [6, 6.07) is 0. The summed E-state index contributed by atoms with van der Waals surface area (Å²) in [5.41, 5.74) is 0. The summed E-state index contributed by atoms with van der Waals surface area (Å²) in [6.07, 6.45) is 21.8. The monoisotopic (exact) mass is 877 g/mol. The number of carbonyl (C=O) groups is 5. The molecule has 6 rings (SSSR count). The number of carbonyl (C=O) groups excluding carboxylic acids is 4. The third kappa shape index (κ3) is 102. The maximum Gasteiger partial charge on any atom is 0.305 e. The van der Waals surface area contributed by atoms with E-state index in [1.165, 1.54) is 50.3 Å². The van der Waals surface area contributed by atoms with Crippen LogP contribution in [0.15, 0.2) is 0 Å². The summed E-state index contributed by atoms with van der Waals surface area (Å²) in [7, 11) is 1.00. The van der Waals surface area contributed by atoms with Gasteiger partial charge in [-0.3, -0.25) is 24.0 Å². The Morgan fingerprint density at radius 2 is 0.678 bits per heavy atom. The second kappa shape index (κ2) is 87.5. The highest BCUT2D eigenvalue weighted by Gasteiger charge is 2.09. The molecule has 0 atom stereocenters. The average molecular weight is 877 g/mol. The van der Waals surface area contributed by atoms with Gasteiger partial charge in [0.15, 0.2) is 0 Å². The molecule has 0 unspecified atom stereocenters. The lowest BCUT2D eigenvalue weighted by atomic mass is 10.00. The van der Waals surface area contributed by atoms with Gasteiger partial charge in [-0.15, -0.1) is 11.8 Å². The van der Waals surface area contributed by atoms with Crippen LogP contribution in [0.4, 0.5) is 0 Å². The first-order valence-corrected chi connectivity index (χ1v) is 24.4. The molecule has 4 saturated heterocycles. The quantitative estimate of drug-likeness (QED) is 0.167. The van der Waals surface area contributed by atoms with E-state index in [0.29, 0.717) is 37.6 Å². The molecule has 0 bridgehead atoms. The zero-order valence-corrected chi connectivity index (χ0v) is 42.1. The van der Waals surface area contributed by atoms with Gasteiger partial charge >= 0.3 is 11.9 Å². The third-order valence-electron chi connectivity index (χ3n) is 6.43. The van der Waals surface area contributed by atoms with Crippen molar-refractivity contribution in [1.82, 2.24) is 0 Å². The van der Waals surface area contributed by atoms with Gasteiger partial charge in [-0.1, -0.05) is 89.5 Å². The lowest BCUT2D eigenvalue weighted by Crippen LogP contribution is -2.10. The van der Waals surface area contributed by atoms with Gasteiger partial charge in [0, 0.05) is 79.0 Å². The molecule has 6 aliphatic rings. The predicted molar refractivity (Wildman–Crippen MR) is 251 cm³/mol. The first-order valence-electron chi connectivity index (χ1n) is 23.0. The fraction of sp³-hybridized carbons (Fsp3) is 0.891. The van der Waals surface area contributed by atoms with Crippen LogP contribution in [-0.2, 0) is 42.9 Å². The molecular formula is C46H100O12S. The summed E-state index contributed by atoms with van der Waals surface area (Å²) < 4.78 is 19.2. The number of hydrogen-bond donors (Lipinski definition) is 3. The summed E-state index contributed by atoms with van der Waals surface area (Å²) in [6.45, 7) is 30.4. The number of ether oxygens (including phenoxy) is 4. The SMILES string of the molecule is C1CCOC1.C1CCOCC1.CC.CC.CC.CC.CC.CC.CC(=O)O.CO.CSCO.O=C1CCCC1.O=C1CCCCC1.O=C1CCCCO1.O=C1CCCO1. The van der Waals surface area contributed by atoms with E-state index in [1.54, 1.807) is 0 Å². The Labute approximate surface area is 369 Å². The van der Waals surface area contributed by atoms with E-state index in [2.05, 4.69) is 9.47 Å². The minimum atomic E-state index is -0.833. The standard InChI is InChI=1S/C6H10O.C5H8O2.C5H10O.C5H8O.C4H6O2.C4H8O.C2H4O2.C2H6OS.6C2H6.CH4O/c7-6-4-2-1-3-5-6;6-5-3-1-2-4-7-5;1-2-4-6-5-3-1;6-5-3-1-2-4-5;5-4-2-1-3-6-4;1-2-4-5-3-1;1-2(3)4;1-4-2-3;7*1-2/h1-5H2;1-4H2;1-5H2;1-4H2;1-3H2;1-4H2;1H3,(H,3,4);3H,2H2,1H3;6*1-2H3;2H,1H3. The van der Waals surface area contributed by atoms with E-state index < -0.39 is 5.97 Å². The Morgan fingerprint density at radius 3 is 0.814 bits per heavy atom. The number of aliphatic carboxylic acids is 1. The summed E-state index contributed by atoms with van der Waals surface area (Å²) >= 11 is 1.41. The fourth-order valence-corrected chi connectivity index (χ4v) is 4.02. The van der Waals surface area contributed by atoms with E-state index >= 15 is 0 Å². The van der Waals surface area contributed by atoms with Crippen molar-refractivity contribution in [3.63, 3.8) is 0 Å². The number of rotatable bonds is 1. The van der Waals surface area contributed by atoms with Gasteiger partial charge in [0.1, 0.15) is 11.6 Å². The highest BCUT2D eigenvalue weighted by molar-refractivity contribution is 7.98. The summed E-state index contributed by atoms with van der Waals surface area (Å²) in [5, 5.41) is 22.3. The van der Waals surface area contributed by atoms with Gasteiger partial charge in [-0.05, 0) is 83.3 Å². The van der Waals surface area contributed by atoms with Gasteiger partial charge in [0.2, 0.25) is 0 Å². The van der Waals surface area contributed by atoms with Crippen molar-refractivity contribution >= 4 is 41.2 Å². The molecule has 12 nitrogen and oxygen atoms in total. The highest BCUT2D eigenvalue weighted by atomic mass is 32.2. The van der Waals surface area contributed by atoms with Crippen molar-refractivity contribution in [2.75, 3.05) is 58.9 Å². The molecular weight excluding hydrogens is 777 g/mol. The second-order valence-electron chi connectivity index (χ2n) is 10.8. The Morgan fingerprint density at radius 1 is 0.458 bits per heavy atom. The largest absolute Gasteiger partial charge is 0.481 e. The lowest BCUT2D eigenvalue weighted by molar-refractivity contribution is -0.146. The van der Waals surface area contributed by atoms with E-state index in [0.717, 1.165) is 111 Å². The Hall–Kier alpha value is -2.06. The first kappa shape index (κ1) is 77.5. The molecule has 13 heteroatoms. The van der Waals surface area contributed by atoms with E-state index in [-0.39, 0.29) is 17.9 Å². The second-order valence-corrected chi connectivity index (χ2v) is 11.6. The predicted octanol–water partition coefficient (Wildman–Crippen LogP) is 11.8. The first-order chi connectivity index (χ1) is 28.7. The van der Waals surface area contributed by atoms with E-state index in [9.17, 15) is 19.2 Å². The van der Waals surface area contributed by atoms with E-state index in [1.807, 2.05) is 89.3 Å². The topological polar surface area (TPSA) is 183 Å². The zero-order chi connectivity index (χ0) is 47.8. The number of aliphatic hydroxyl groups is 2. The molecule has 4 aliphatic heterocycles. The molecule has 2 saturated carbocycles. The molecule has 0 spiro atoms. The Kier molecular flexibility index (Phi) is 115. The number of carboxylic acid groups (broad SMARTS) is 1. The van der Waals surface area contributed by atoms with Crippen LogP contribution < -0.4 is 0 Å². The van der Waals surface area contributed by atoms with Crippen LogP contribution in [0.2, 0.25) is 0 Å². The Bertz CT molecular complexity index is 646. The maximum absolute atomic E-state index is 10.5. The van der Waals surface area contributed by atoms with Gasteiger partial charge in [-0.2, -0.15) is 0 Å². The number of thioether (sulfide) groups is 1. The number of hydrogen-bond acceptors (Lipinski definition) is 12. The normalized spacial score (nSPS) is 15.7. The smallest absolute Gasteiger partial charge is 0.305 e. The lowest BCUT2D eigenvalue weighted by Gasteiger charge is -2.08. The molecule has 4 heterocycles. The van der Waals surface area contributed by atoms with Crippen molar-refractivity contribution in [2.45, 2.75) is 212 Å². The fourth-order valence-electron chi connectivity index (χ4n) is 4.02. The number of esters is 2. The van der Waals surface area contributed by atoms with Crippen molar-refractivity contribution in [3.05, 3.63) is 0 Å². The van der Waals surface area contributed by atoms with Crippen molar-refractivity contribution in [2.24, 2.45) is 0 Å². The molecule has 0 aromatic carbocycles. The van der Waals surface area contributed by atoms with Crippen molar-refractivity contribution in [3.8, 4) is 0 Å². The molecule has 3 N–H and O–H groups in total. The number of Topliss-reactive ketones (excluding diaryl/α,β-unsaturated/α-hetero) is 2. The number of aliphatic hydroxyl groups excluding tert-OH is 2. The van der Waals surface area contributed by atoms with Crippen LogP contribution in [0.1, 0.15) is 212 Å². The third-order valence-corrected chi connectivity index (χ3v) is 6.69. The zero-order valence-electron chi connectivity index (χ0n) is 41.3. The van der Waals surface area contributed by atoms with Gasteiger partial charge in [-0.25, -0.2) is 0 Å². The number of ketones is 2. The number of cyclic esters (lactones) is 2.